The first kappa shape index (κ1) is 18.1. The van der Waals surface area contributed by atoms with Crippen LogP contribution in [0.15, 0.2) is 42.0 Å². The van der Waals surface area contributed by atoms with Crippen LogP contribution in [0.1, 0.15) is 16.7 Å². The van der Waals surface area contributed by atoms with Gasteiger partial charge in [0.05, 0.1) is 14.2 Å². The lowest BCUT2D eigenvalue weighted by molar-refractivity contribution is -0.112. The molecule has 0 radical (unpaired) electrons. The smallest absolute Gasteiger partial charge is 0.266 e. The molecule has 0 spiro atoms. The molecule has 5 heteroatoms. The van der Waals surface area contributed by atoms with E-state index in [1.165, 1.54) is 13.2 Å². The van der Waals surface area contributed by atoms with E-state index in [1.54, 1.807) is 25.3 Å². The summed E-state index contributed by atoms with van der Waals surface area (Å²) in [6, 6.07) is 12.8. The van der Waals surface area contributed by atoms with Crippen LogP contribution < -0.4 is 14.8 Å². The summed E-state index contributed by atoms with van der Waals surface area (Å²) in [5.41, 5.74) is 3.41. The Kier molecular flexibility index (Phi) is 5.80. The van der Waals surface area contributed by atoms with Crippen LogP contribution in [0.4, 0.5) is 5.69 Å². The van der Waals surface area contributed by atoms with Crippen LogP contribution in [0.25, 0.3) is 6.08 Å². The Bertz CT molecular complexity index is 864. The third-order valence-corrected chi connectivity index (χ3v) is 3.94. The largest absolute Gasteiger partial charge is 0.493 e. The van der Waals surface area contributed by atoms with Gasteiger partial charge in [0.15, 0.2) is 11.5 Å². The van der Waals surface area contributed by atoms with E-state index in [4.69, 9.17) is 9.47 Å². The van der Waals surface area contributed by atoms with E-state index in [1.807, 2.05) is 38.1 Å². The van der Waals surface area contributed by atoms with Crippen molar-refractivity contribution in [1.82, 2.24) is 0 Å². The van der Waals surface area contributed by atoms with Gasteiger partial charge in [-0.05, 0) is 54.8 Å². The van der Waals surface area contributed by atoms with Crippen LogP contribution in [0, 0.1) is 25.2 Å². The number of nitriles is 1. The molecule has 2 aromatic carbocycles. The molecule has 0 aliphatic heterocycles. The summed E-state index contributed by atoms with van der Waals surface area (Å²) in [7, 11) is 3.08. The van der Waals surface area contributed by atoms with Crippen LogP contribution in [-0.4, -0.2) is 20.1 Å². The summed E-state index contributed by atoms with van der Waals surface area (Å²) in [6.45, 7) is 3.89. The number of methoxy groups -OCH3 is 2. The Morgan fingerprint density at radius 1 is 1.12 bits per heavy atom. The summed E-state index contributed by atoms with van der Waals surface area (Å²) < 4.78 is 10.4. The normalized spacial score (nSPS) is 10.8. The van der Waals surface area contributed by atoms with Gasteiger partial charge in [-0.15, -0.1) is 0 Å². The summed E-state index contributed by atoms with van der Waals surface area (Å²) in [4.78, 5) is 12.4. The topological polar surface area (TPSA) is 71.3 Å². The predicted molar refractivity (Wildman–Crippen MR) is 97.7 cm³/mol. The highest BCUT2D eigenvalue weighted by Gasteiger charge is 2.12. The van der Waals surface area contributed by atoms with Crippen LogP contribution in [0.2, 0.25) is 0 Å². The second-order valence-electron chi connectivity index (χ2n) is 5.49. The monoisotopic (exact) mass is 336 g/mol. The Balaban J connectivity index is 2.29. The van der Waals surface area contributed by atoms with Gasteiger partial charge in [-0.1, -0.05) is 18.2 Å². The first-order valence-electron chi connectivity index (χ1n) is 7.71. The minimum atomic E-state index is -0.453. The Morgan fingerprint density at radius 3 is 2.48 bits per heavy atom. The van der Waals surface area contributed by atoms with Gasteiger partial charge < -0.3 is 14.8 Å². The van der Waals surface area contributed by atoms with Gasteiger partial charge in [0.25, 0.3) is 5.91 Å². The first-order chi connectivity index (χ1) is 12.0. The molecule has 1 N–H and O–H groups in total. The predicted octanol–water partition coefficient (Wildman–Crippen LogP) is 3.87. The van der Waals surface area contributed by atoms with Crippen LogP contribution in [0.3, 0.4) is 0 Å². The highest BCUT2D eigenvalue weighted by Crippen LogP contribution is 2.28. The number of amides is 1. The van der Waals surface area contributed by atoms with Crippen molar-refractivity contribution in [1.29, 1.82) is 5.26 Å². The number of ether oxygens (including phenoxy) is 2. The molecule has 1 amide bonds. The SMILES string of the molecule is COc1ccc(/C=C(\C#N)C(=O)Nc2cccc(C)c2C)cc1OC. The van der Waals surface area contributed by atoms with Crippen molar-refractivity contribution in [2.75, 3.05) is 19.5 Å². The average molecular weight is 336 g/mol. The fourth-order valence-corrected chi connectivity index (χ4v) is 2.33. The molecule has 0 atom stereocenters. The summed E-state index contributed by atoms with van der Waals surface area (Å²) in [6.07, 6.45) is 1.52. The average Bonchev–Trinajstić information content (AvgIpc) is 2.63. The standard InChI is InChI=1S/C20H20N2O3/c1-13-6-5-7-17(14(13)2)22-20(23)16(12-21)10-15-8-9-18(24-3)19(11-15)25-4/h5-11H,1-4H3,(H,22,23)/b16-10+. The van der Waals surface area contributed by atoms with Crippen molar-refractivity contribution < 1.29 is 14.3 Å². The Hall–Kier alpha value is -3.26. The maximum absolute atomic E-state index is 12.4. The molecule has 0 aromatic heterocycles. The fourth-order valence-electron chi connectivity index (χ4n) is 2.33. The van der Waals surface area contributed by atoms with E-state index >= 15 is 0 Å². The first-order valence-corrected chi connectivity index (χ1v) is 7.71. The van der Waals surface area contributed by atoms with Crippen molar-refractivity contribution in [2.45, 2.75) is 13.8 Å². The van der Waals surface area contributed by atoms with Gasteiger partial charge in [0, 0.05) is 5.69 Å². The Labute approximate surface area is 147 Å². The van der Waals surface area contributed by atoms with Crippen LogP contribution in [-0.2, 0) is 4.79 Å². The number of rotatable bonds is 5. The van der Waals surface area contributed by atoms with Crippen LogP contribution >= 0.6 is 0 Å². The quantitative estimate of drug-likeness (QED) is 0.665. The van der Waals surface area contributed by atoms with Crippen LogP contribution in [0.5, 0.6) is 11.5 Å². The highest BCUT2D eigenvalue weighted by molar-refractivity contribution is 6.10. The number of hydrogen-bond donors (Lipinski definition) is 1. The van der Waals surface area contributed by atoms with E-state index in [9.17, 15) is 10.1 Å². The van der Waals surface area contributed by atoms with E-state index in [-0.39, 0.29) is 5.57 Å². The van der Waals surface area contributed by atoms with Crippen molar-refractivity contribution >= 4 is 17.7 Å². The van der Waals surface area contributed by atoms with Crippen molar-refractivity contribution in [3.05, 3.63) is 58.7 Å². The van der Waals surface area contributed by atoms with E-state index in [0.29, 0.717) is 22.7 Å². The molecule has 0 fully saturated rings. The van der Waals surface area contributed by atoms with Gasteiger partial charge in [-0.3, -0.25) is 4.79 Å². The number of anilines is 1. The molecule has 2 rings (SSSR count). The van der Waals surface area contributed by atoms with E-state index < -0.39 is 5.91 Å². The number of carbonyl (C=O) groups is 1. The molecule has 0 aliphatic rings. The van der Waals surface area contributed by atoms with Gasteiger partial charge in [-0.2, -0.15) is 5.26 Å². The van der Waals surface area contributed by atoms with E-state index in [0.717, 1.165) is 11.1 Å². The molecular formula is C20H20N2O3. The minimum absolute atomic E-state index is 0.00752. The number of nitrogens with zero attached hydrogens (tertiary/aromatic N) is 1. The maximum atomic E-state index is 12.4. The number of carbonyl (C=O) groups excluding carboxylic acids is 1. The molecule has 5 nitrogen and oxygen atoms in total. The highest BCUT2D eigenvalue weighted by atomic mass is 16.5. The molecule has 25 heavy (non-hydrogen) atoms. The number of benzene rings is 2. The second kappa shape index (κ2) is 8.02. The third kappa shape index (κ3) is 4.18. The lowest BCUT2D eigenvalue weighted by Gasteiger charge is -2.10. The molecule has 0 unspecified atom stereocenters. The molecular weight excluding hydrogens is 316 g/mol. The lowest BCUT2D eigenvalue weighted by Crippen LogP contribution is -2.14. The summed E-state index contributed by atoms with van der Waals surface area (Å²) in [5.74, 6) is 0.660. The molecule has 0 aliphatic carbocycles. The van der Waals surface area contributed by atoms with Gasteiger partial charge in [0.1, 0.15) is 11.6 Å². The zero-order valence-corrected chi connectivity index (χ0v) is 14.7. The zero-order chi connectivity index (χ0) is 18.4. The minimum Gasteiger partial charge on any atom is -0.493 e. The molecule has 2 aromatic rings. The number of hydrogen-bond acceptors (Lipinski definition) is 4. The molecule has 0 saturated carbocycles. The zero-order valence-electron chi connectivity index (χ0n) is 14.7. The third-order valence-electron chi connectivity index (χ3n) is 3.94. The van der Waals surface area contributed by atoms with Crippen molar-refractivity contribution in [2.24, 2.45) is 0 Å². The van der Waals surface area contributed by atoms with Crippen molar-refractivity contribution in [3.8, 4) is 17.6 Å². The fraction of sp³-hybridized carbons (Fsp3) is 0.200. The summed E-state index contributed by atoms with van der Waals surface area (Å²) in [5, 5.41) is 12.1. The second-order valence-corrected chi connectivity index (χ2v) is 5.49. The molecule has 128 valence electrons. The molecule has 0 saturated heterocycles. The van der Waals surface area contributed by atoms with Gasteiger partial charge in [-0.25, -0.2) is 0 Å². The van der Waals surface area contributed by atoms with E-state index in [2.05, 4.69) is 5.32 Å². The summed E-state index contributed by atoms with van der Waals surface area (Å²) >= 11 is 0. The van der Waals surface area contributed by atoms with Crippen molar-refractivity contribution in [3.63, 3.8) is 0 Å². The van der Waals surface area contributed by atoms with Gasteiger partial charge >= 0.3 is 0 Å². The Morgan fingerprint density at radius 2 is 1.84 bits per heavy atom. The molecule has 0 bridgehead atoms. The maximum Gasteiger partial charge on any atom is 0.266 e. The molecule has 0 heterocycles. The lowest BCUT2D eigenvalue weighted by atomic mass is 10.1. The number of nitrogens with one attached hydrogen (secondary N) is 1. The van der Waals surface area contributed by atoms with Gasteiger partial charge in [0.2, 0.25) is 0 Å². The number of aryl methyl sites for hydroxylation is 1.